The number of likely N-dealkylation sites (tertiary alicyclic amines) is 1. The third kappa shape index (κ3) is 2.94. The van der Waals surface area contributed by atoms with Crippen LogP contribution >= 0.6 is 11.6 Å². The van der Waals surface area contributed by atoms with Crippen LogP contribution in [0.25, 0.3) is 0 Å². The minimum Gasteiger partial charge on any atom is -0.487 e. The number of hydrogen-bond donors (Lipinski definition) is 1. The summed E-state index contributed by atoms with van der Waals surface area (Å²) in [4.78, 5) is 13.5. The number of halogens is 1. The highest BCUT2D eigenvalue weighted by atomic mass is 35.5. The lowest BCUT2D eigenvalue weighted by molar-refractivity contribution is -0.131. The molecular weight excluding hydrogens is 252 g/mol. The molecule has 18 heavy (non-hydrogen) atoms. The van der Waals surface area contributed by atoms with Crippen molar-refractivity contribution in [2.45, 2.75) is 25.5 Å². The third-order valence-electron chi connectivity index (χ3n) is 2.98. The maximum absolute atomic E-state index is 11.7. The van der Waals surface area contributed by atoms with E-state index >= 15 is 0 Å². The lowest BCUT2D eigenvalue weighted by Gasteiger charge is -2.19. The summed E-state index contributed by atoms with van der Waals surface area (Å²) in [6.45, 7) is 2.96. The number of para-hydroxylation sites is 1. The van der Waals surface area contributed by atoms with E-state index in [-0.39, 0.29) is 12.0 Å². The van der Waals surface area contributed by atoms with Crippen molar-refractivity contribution < 1.29 is 9.53 Å². The Bertz CT molecular complexity index is 437. The molecule has 2 N–H and O–H groups in total. The molecule has 0 saturated carbocycles. The van der Waals surface area contributed by atoms with Crippen molar-refractivity contribution in [3.05, 3.63) is 29.3 Å². The first-order chi connectivity index (χ1) is 8.58. The number of ether oxygens (including phenoxy) is 1. The number of nitrogens with zero attached hydrogens (tertiary/aromatic N) is 1. The molecule has 2 atom stereocenters. The second-order valence-electron chi connectivity index (χ2n) is 4.53. The highest BCUT2D eigenvalue weighted by Crippen LogP contribution is 2.26. The summed E-state index contributed by atoms with van der Waals surface area (Å²) in [6, 6.07) is 6.90. The van der Waals surface area contributed by atoms with Gasteiger partial charge in [0, 0.05) is 13.0 Å². The second-order valence-corrected chi connectivity index (χ2v) is 4.94. The van der Waals surface area contributed by atoms with E-state index in [4.69, 9.17) is 22.1 Å². The first-order valence-corrected chi connectivity index (χ1v) is 6.41. The number of carbonyl (C=O) groups excluding carboxylic acids is 1. The van der Waals surface area contributed by atoms with Crippen LogP contribution < -0.4 is 10.5 Å². The molecule has 98 valence electrons. The zero-order chi connectivity index (χ0) is 13.1. The molecule has 1 aromatic carbocycles. The van der Waals surface area contributed by atoms with Gasteiger partial charge in [0.1, 0.15) is 11.9 Å². The molecule has 4 nitrogen and oxygen atoms in total. The quantitative estimate of drug-likeness (QED) is 0.907. The van der Waals surface area contributed by atoms with Crippen LogP contribution in [0.1, 0.15) is 13.3 Å². The van der Waals surface area contributed by atoms with Crippen molar-refractivity contribution >= 4 is 17.5 Å². The summed E-state index contributed by atoms with van der Waals surface area (Å²) in [5, 5.41) is 0.592. The Hall–Kier alpha value is -1.26. The predicted octanol–water partition coefficient (Wildman–Crippen LogP) is 1.67. The first-order valence-electron chi connectivity index (χ1n) is 6.03. The monoisotopic (exact) mass is 268 g/mol. The van der Waals surface area contributed by atoms with Gasteiger partial charge in [-0.3, -0.25) is 4.79 Å². The molecule has 2 rings (SSSR count). The number of amides is 1. The maximum Gasteiger partial charge on any atom is 0.239 e. The van der Waals surface area contributed by atoms with E-state index in [1.54, 1.807) is 17.9 Å². The fourth-order valence-electron chi connectivity index (χ4n) is 2.03. The van der Waals surface area contributed by atoms with Gasteiger partial charge in [-0.2, -0.15) is 0 Å². The van der Waals surface area contributed by atoms with Crippen molar-refractivity contribution in [2.24, 2.45) is 5.73 Å². The first kappa shape index (κ1) is 13.2. The number of carbonyl (C=O) groups is 1. The lowest BCUT2D eigenvalue weighted by Crippen LogP contribution is -2.41. The van der Waals surface area contributed by atoms with Gasteiger partial charge in [-0.25, -0.2) is 0 Å². The normalized spacial score (nSPS) is 20.8. The van der Waals surface area contributed by atoms with Crippen molar-refractivity contribution in [3.8, 4) is 5.75 Å². The van der Waals surface area contributed by atoms with Crippen LogP contribution in [0.4, 0.5) is 0 Å². The summed E-state index contributed by atoms with van der Waals surface area (Å²) in [5.41, 5.74) is 5.58. The van der Waals surface area contributed by atoms with Gasteiger partial charge in [0.25, 0.3) is 0 Å². The van der Waals surface area contributed by atoms with Crippen molar-refractivity contribution in [1.29, 1.82) is 0 Å². The lowest BCUT2D eigenvalue weighted by atomic mass is 10.3. The van der Waals surface area contributed by atoms with E-state index in [0.29, 0.717) is 23.9 Å². The van der Waals surface area contributed by atoms with Crippen LogP contribution in [-0.2, 0) is 4.79 Å². The average Bonchev–Trinajstić information content (AvgIpc) is 2.79. The van der Waals surface area contributed by atoms with Gasteiger partial charge in [0.2, 0.25) is 5.91 Å². The summed E-state index contributed by atoms with van der Waals surface area (Å²) in [5.74, 6) is 0.638. The molecule has 1 aromatic rings. The Labute approximate surface area is 112 Å². The highest BCUT2D eigenvalue weighted by molar-refractivity contribution is 6.32. The molecule has 0 unspecified atom stereocenters. The van der Waals surface area contributed by atoms with E-state index in [9.17, 15) is 4.79 Å². The van der Waals surface area contributed by atoms with Gasteiger partial charge >= 0.3 is 0 Å². The minimum atomic E-state index is -0.455. The highest BCUT2D eigenvalue weighted by Gasteiger charge is 2.29. The number of benzene rings is 1. The SMILES string of the molecule is C[C@@H](N)C(=O)N1CC[C@@H](Oc2ccccc2Cl)C1. The second kappa shape index (κ2) is 5.59. The molecule has 0 spiro atoms. The summed E-state index contributed by atoms with van der Waals surface area (Å²) >= 11 is 6.03. The van der Waals surface area contributed by atoms with Crippen molar-refractivity contribution in [3.63, 3.8) is 0 Å². The van der Waals surface area contributed by atoms with E-state index in [1.807, 2.05) is 18.2 Å². The summed E-state index contributed by atoms with van der Waals surface area (Å²) in [6.07, 6.45) is 0.802. The van der Waals surface area contributed by atoms with Gasteiger partial charge in [-0.1, -0.05) is 23.7 Å². The number of hydrogen-bond acceptors (Lipinski definition) is 3. The number of nitrogens with two attached hydrogens (primary N) is 1. The van der Waals surface area contributed by atoms with E-state index < -0.39 is 6.04 Å². The van der Waals surface area contributed by atoms with Gasteiger partial charge in [-0.05, 0) is 19.1 Å². The molecule has 0 bridgehead atoms. The van der Waals surface area contributed by atoms with Crippen LogP contribution in [0.3, 0.4) is 0 Å². The van der Waals surface area contributed by atoms with E-state index in [1.165, 1.54) is 0 Å². The smallest absolute Gasteiger partial charge is 0.239 e. The molecule has 1 saturated heterocycles. The number of rotatable bonds is 3. The zero-order valence-electron chi connectivity index (χ0n) is 10.3. The van der Waals surface area contributed by atoms with Crippen LogP contribution in [0.5, 0.6) is 5.75 Å². The Morgan fingerprint density at radius 1 is 1.56 bits per heavy atom. The van der Waals surface area contributed by atoms with Gasteiger partial charge < -0.3 is 15.4 Å². The van der Waals surface area contributed by atoms with Gasteiger partial charge in [-0.15, -0.1) is 0 Å². The van der Waals surface area contributed by atoms with Crippen molar-refractivity contribution in [2.75, 3.05) is 13.1 Å². The molecule has 0 aliphatic carbocycles. The fraction of sp³-hybridized carbons (Fsp3) is 0.462. The molecular formula is C13H17ClN2O2. The van der Waals surface area contributed by atoms with E-state index in [2.05, 4.69) is 0 Å². The maximum atomic E-state index is 11.7. The van der Waals surface area contributed by atoms with Crippen LogP contribution in [0, 0.1) is 0 Å². The molecule has 1 amide bonds. The topological polar surface area (TPSA) is 55.6 Å². The Kier molecular flexibility index (Phi) is 4.09. The largest absolute Gasteiger partial charge is 0.487 e. The van der Waals surface area contributed by atoms with Gasteiger partial charge in [0.15, 0.2) is 0 Å². The summed E-state index contributed by atoms with van der Waals surface area (Å²) < 4.78 is 5.80. The molecule has 0 radical (unpaired) electrons. The van der Waals surface area contributed by atoms with E-state index in [0.717, 1.165) is 6.42 Å². The van der Waals surface area contributed by atoms with Crippen LogP contribution in [0.2, 0.25) is 5.02 Å². The fourth-order valence-corrected chi connectivity index (χ4v) is 2.21. The predicted molar refractivity (Wildman–Crippen MR) is 70.7 cm³/mol. The van der Waals surface area contributed by atoms with Crippen LogP contribution in [0.15, 0.2) is 24.3 Å². The molecule has 5 heteroatoms. The Balaban J connectivity index is 1.94. The minimum absolute atomic E-state index is 0.00685. The molecule has 1 aliphatic heterocycles. The average molecular weight is 269 g/mol. The molecule has 1 fully saturated rings. The Morgan fingerprint density at radius 3 is 2.94 bits per heavy atom. The molecule has 1 aliphatic rings. The zero-order valence-corrected chi connectivity index (χ0v) is 11.1. The standard InChI is InChI=1S/C13H17ClN2O2/c1-9(15)13(17)16-7-6-10(8-16)18-12-5-3-2-4-11(12)14/h2-5,9-10H,6-8,15H2,1H3/t9-,10-/m1/s1. The van der Waals surface area contributed by atoms with Gasteiger partial charge in [0.05, 0.1) is 17.6 Å². The summed E-state index contributed by atoms with van der Waals surface area (Å²) in [7, 11) is 0. The Morgan fingerprint density at radius 2 is 2.28 bits per heavy atom. The van der Waals surface area contributed by atoms with Crippen LogP contribution in [-0.4, -0.2) is 36.0 Å². The third-order valence-corrected chi connectivity index (χ3v) is 3.29. The molecule has 1 heterocycles. The van der Waals surface area contributed by atoms with Crippen molar-refractivity contribution in [1.82, 2.24) is 4.90 Å². The molecule has 0 aromatic heterocycles.